The lowest BCUT2D eigenvalue weighted by molar-refractivity contribution is -0.137. The Balaban J connectivity index is 2.29. The molecule has 3 aromatic rings. The summed E-state index contributed by atoms with van der Waals surface area (Å²) in [6.07, 6.45) is -1.13. The second-order valence-electron chi connectivity index (χ2n) is 4.42. The molecule has 0 saturated heterocycles. The third-order valence-corrected chi connectivity index (χ3v) is 3.04. The highest BCUT2D eigenvalue weighted by atomic mass is 19.4. The number of nitrogens with two attached hydrogens (primary N) is 1. The van der Waals surface area contributed by atoms with Crippen LogP contribution < -0.4 is 5.73 Å². The summed E-state index contributed by atoms with van der Waals surface area (Å²) < 4.78 is 38.5. The Bertz CT molecular complexity index is 906. The number of fused-ring (bicyclic) bond motifs is 1. The van der Waals surface area contributed by atoms with Gasteiger partial charge in [0.15, 0.2) is 0 Å². The van der Waals surface area contributed by atoms with Crippen molar-refractivity contribution in [2.75, 3.05) is 5.73 Å². The first-order valence-electron chi connectivity index (χ1n) is 5.97. The molecule has 0 aliphatic carbocycles. The quantitative estimate of drug-likeness (QED) is 0.718. The van der Waals surface area contributed by atoms with E-state index in [1.54, 1.807) is 0 Å². The molecule has 0 aliphatic heterocycles. The standard InChI is InChI=1S/C13H7F3N6/c14-13(15,16)7-1-8-9(5-20-11(8)19-4-7)10-6(2-17)3-21-12(18)22-10/h1,3-5H,(H,19,20)(H2,18,21,22). The van der Waals surface area contributed by atoms with Crippen LogP contribution in [0.15, 0.2) is 24.7 Å². The molecule has 110 valence electrons. The van der Waals surface area contributed by atoms with Gasteiger partial charge in [0.2, 0.25) is 5.95 Å². The Morgan fingerprint density at radius 1 is 1.23 bits per heavy atom. The summed E-state index contributed by atoms with van der Waals surface area (Å²) >= 11 is 0. The van der Waals surface area contributed by atoms with E-state index in [4.69, 9.17) is 11.0 Å². The van der Waals surface area contributed by atoms with E-state index in [-0.39, 0.29) is 28.2 Å². The van der Waals surface area contributed by atoms with Gasteiger partial charge in [-0.25, -0.2) is 15.0 Å². The largest absolute Gasteiger partial charge is 0.417 e. The van der Waals surface area contributed by atoms with Crippen LogP contribution in [0.5, 0.6) is 0 Å². The molecule has 0 fully saturated rings. The maximum absolute atomic E-state index is 12.8. The number of hydrogen-bond acceptors (Lipinski definition) is 5. The van der Waals surface area contributed by atoms with E-state index >= 15 is 0 Å². The first kappa shape index (κ1) is 13.8. The van der Waals surface area contributed by atoms with Crippen LogP contribution in [0.4, 0.5) is 19.1 Å². The molecule has 0 aromatic carbocycles. The van der Waals surface area contributed by atoms with E-state index in [9.17, 15) is 13.2 Å². The van der Waals surface area contributed by atoms with Gasteiger partial charge in [-0.3, -0.25) is 0 Å². The molecule has 3 rings (SSSR count). The fraction of sp³-hybridized carbons (Fsp3) is 0.0769. The number of nitrogen functional groups attached to an aromatic ring is 1. The van der Waals surface area contributed by atoms with Gasteiger partial charge in [-0.2, -0.15) is 18.4 Å². The molecule has 0 amide bonds. The molecule has 0 atom stereocenters. The molecule has 0 radical (unpaired) electrons. The molecule has 3 heterocycles. The number of aromatic amines is 1. The minimum absolute atomic E-state index is 0.0803. The first-order chi connectivity index (χ1) is 10.4. The summed E-state index contributed by atoms with van der Waals surface area (Å²) in [7, 11) is 0. The molecule has 3 aromatic heterocycles. The molecule has 6 nitrogen and oxygen atoms in total. The fourth-order valence-corrected chi connectivity index (χ4v) is 2.04. The van der Waals surface area contributed by atoms with Crippen molar-refractivity contribution in [1.29, 1.82) is 5.26 Å². The number of nitriles is 1. The fourth-order valence-electron chi connectivity index (χ4n) is 2.04. The number of nitrogens with zero attached hydrogens (tertiary/aromatic N) is 4. The van der Waals surface area contributed by atoms with Crippen LogP contribution in [0, 0.1) is 11.3 Å². The maximum Gasteiger partial charge on any atom is 0.417 e. The predicted molar refractivity (Wildman–Crippen MR) is 71.2 cm³/mol. The molecule has 3 N–H and O–H groups in total. The van der Waals surface area contributed by atoms with Gasteiger partial charge in [0.1, 0.15) is 11.7 Å². The van der Waals surface area contributed by atoms with Crippen molar-refractivity contribution in [1.82, 2.24) is 19.9 Å². The third kappa shape index (κ3) is 2.20. The Morgan fingerprint density at radius 2 is 2.00 bits per heavy atom. The monoisotopic (exact) mass is 304 g/mol. The van der Waals surface area contributed by atoms with Gasteiger partial charge in [0.05, 0.1) is 23.0 Å². The van der Waals surface area contributed by atoms with Gasteiger partial charge >= 0.3 is 6.18 Å². The summed E-state index contributed by atoms with van der Waals surface area (Å²) in [6.45, 7) is 0. The van der Waals surface area contributed by atoms with Crippen LogP contribution in [-0.4, -0.2) is 19.9 Å². The highest BCUT2D eigenvalue weighted by molar-refractivity contribution is 5.94. The molecule has 0 saturated carbocycles. The smallest absolute Gasteiger partial charge is 0.368 e. The summed E-state index contributed by atoms with van der Waals surface area (Å²) in [5.41, 5.74) is 5.42. The molecule has 0 unspecified atom stereocenters. The van der Waals surface area contributed by atoms with E-state index in [0.717, 1.165) is 12.3 Å². The van der Waals surface area contributed by atoms with Crippen molar-refractivity contribution in [2.24, 2.45) is 0 Å². The van der Waals surface area contributed by atoms with Gasteiger partial charge in [0, 0.05) is 23.3 Å². The third-order valence-electron chi connectivity index (χ3n) is 3.04. The average molecular weight is 304 g/mol. The molecular weight excluding hydrogens is 297 g/mol. The number of alkyl halides is 3. The molecule has 0 spiro atoms. The Kier molecular flexibility index (Phi) is 2.95. The van der Waals surface area contributed by atoms with Crippen molar-refractivity contribution in [2.45, 2.75) is 6.18 Å². The summed E-state index contributed by atoms with van der Waals surface area (Å²) in [5, 5.41) is 9.29. The lowest BCUT2D eigenvalue weighted by atomic mass is 10.1. The zero-order chi connectivity index (χ0) is 15.9. The Hall–Kier alpha value is -3.15. The van der Waals surface area contributed by atoms with Crippen LogP contribution in [0.2, 0.25) is 0 Å². The van der Waals surface area contributed by atoms with Crippen molar-refractivity contribution in [3.63, 3.8) is 0 Å². The van der Waals surface area contributed by atoms with Crippen molar-refractivity contribution < 1.29 is 13.2 Å². The van der Waals surface area contributed by atoms with Gasteiger partial charge < -0.3 is 10.7 Å². The van der Waals surface area contributed by atoms with Crippen LogP contribution in [0.3, 0.4) is 0 Å². The van der Waals surface area contributed by atoms with Gasteiger partial charge in [0.25, 0.3) is 0 Å². The number of rotatable bonds is 1. The van der Waals surface area contributed by atoms with Crippen LogP contribution >= 0.6 is 0 Å². The van der Waals surface area contributed by atoms with Crippen molar-refractivity contribution >= 4 is 17.0 Å². The first-order valence-corrected chi connectivity index (χ1v) is 5.97. The van der Waals surface area contributed by atoms with E-state index in [2.05, 4.69) is 19.9 Å². The number of hydrogen-bond donors (Lipinski definition) is 2. The lowest BCUT2D eigenvalue weighted by Crippen LogP contribution is -2.05. The second-order valence-corrected chi connectivity index (χ2v) is 4.42. The lowest BCUT2D eigenvalue weighted by Gasteiger charge is -2.07. The number of pyridine rings is 1. The van der Waals surface area contributed by atoms with Gasteiger partial charge in [-0.05, 0) is 6.07 Å². The van der Waals surface area contributed by atoms with Crippen LogP contribution in [0.1, 0.15) is 11.1 Å². The highest BCUT2D eigenvalue weighted by Gasteiger charge is 2.31. The van der Waals surface area contributed by atoms with E-state index in [1.807, 2.05) is 6.07 Å². The number of aromatic nitrogens is 4. The SMILES string of the molecule is N#Cc1cnc(N)nc1-c1c[nH]c2ncc(C(F)(F)F)cc12. The molecule has 0 bridgehead atoms. The summed E-state index contributed by atoms with van der Waals surface area (Å²) in [5.74, 6) is -0.0803. The zero-order valence-electron chi connectivity index (χ0n) is 10.8. The molecule has 22 heavy (non-hydrogen) atoms. The number of halogens is 3. The number of anilines is 1. The van der Waals surface area contributed by atoms with Gasteiger partial charge in [-0.15, -0.1) is 0 Å². The molecule has 0 aliphatic rings. The minimum atomic E-state index is -4.52. The average Bonchev–Trinajstić information content (AvgIpc) is 2.89. The maximum atomic E-state index is 12.8. The van der Waals surface area contributed by atoms with Crippen LogP contribution in [0.25, 0.3) is 22.3 Å². The predicted octanol–water partition coefficient (Wildman–Crippen LogP) is 2.49. The molecular formula is C13H7F3N6. The normalized spacial score (nSPS) is 11.5. The summed E-state index contributed by atoms with van der Waals surface area (Å²) in [6, 6.07) is 2.84. The summed E-state index contributed by atoms with van der Waals surface area (Å²) in [4.78, 5) is 14.1. The number of H-pyrrole nitrogens is 1. The van der Waals surface area contributed by atoms with E-state index in [1.165, 1.54) is 12.4 Å². The highest BCUT2D eigenvalue weighted by Crippen LogP contribution is 2.34. The van der Waals surface area contributed by atoms with Crippen molar-refractivity contribution in [3.8, 4) is 17.3 Å². The zero-order valence-corrected chi connectivity index (χ0v) is 10.8. The van der Waals surface area contributed by atoms with Crippen LogP contribution in [-0.2, 0) is 6.18 Å². The van der Waals surface area contributed by atoms with E-state index < -0.39 is 11.7 Å². The Morgan fingerprint density at radius 3 is 2.68 bits per heavy atom. The second kappa shape index (κ2) is 4.70. The minimum Gasteiger partial charge on any atom is -0.368 e. The van der Waals surface area contributed by atoms with Gasteiger partial charge in [-0.1, -0.05) is 0 Å². The Labute approximate surface area is 121 Å². The number of nitrogens with one attached hydrogen (secondary N) is 1. The van der Waals surface area contributed by atoms with E-state index in [0.29, 0.717) is 5.56 Å². The van der Waals surface area contributed by atoms with Crippen molar-refractivity contribution in [3.05, 3.63) is 35.8 Å². The topological polar surface area (TPSA) is 104 Å². The molecule has 9 heteroatoms.